The average Bonchev–Trinajstić information content (AvgIpc) is 2.69. The van der Waals surface area contributed by atoms with Crippen molar-refractivity contribution in [2.75, 3.05) is 13.1 Å². The van der Waals surface area contributed by atoms with Crippen LogP contribution >= 0.6 is 0 Å². The predicted molar refractivity (Wildman–Crippen MR) is 120 cm³/mol. The fraction of sp³-hybridized carbons (Fsp3) is 0.542. The summed E-state index contributed by atoms with van der Waals surface area (Å²) in [5, 5.41) is 2.70. The van der Waals surface area contributed by atoms with Crippen molar-refractivity contribution in [1.29, 1.82) is 0 Å². The summed E-state index contributed by atoms with van der Waals surface area (Å²) in [6.45, 7) is 10.0. The van der Waals surface area contributed by atoms with Crippen LogP contribution in [0.2, 0.25) is 0 Å². The maximum Gasteiger partial charge on any atom is 0.312 e. The number of rotatable bonds is 7. The van der Waals surface area contributed by atoms with Crippen molar-refractivity contribution in [3.63, 3.8) is 0 Å². The Morgan fingerprint density at radius 2 is 1.83 bits per heavy atom. The molecule has 3 heterocycles. The summed E-state index contributed by atoms with van der Waals surface area (Å²) in [7, 11) is 0. The van der Waals surface area contributed by atoms with Gasteiger partial charge < -0.3 is 11.1 Å². The molecule has 0 bridgehead atoms. The van der Waals surface area contributed by atoms with Crippen molar-refractivity contribution in [3.05, 3.63) is 58.2 Å². The molecule has 0 aromatic carbocycles. The molecule has 0 unspecified atom stereocenters. The second-order valence-corrected chi connectivity index (χ2v) is 8.57. The molecule has 0 saturated carbocycles. The second kappa shape index (κ2) is 10.0. The van der Waals surface area contributed by atoms with Gasteiger partial charge in [0.15, 0.2) is 0 Å². The van der Waals surface area contributed by atoms with Crippen LogP contribution in [0.5, 0.6) is 0 Å². The molecule has 1 saturated heterocycles. The van der Waals surface area contributed by atoms with Crippen LogP contribution in [0, 0.1) is 27.7 Å². The number of hydrogen-bond acceptors (Lipinski definition) is 4. The summed E-state index contributed by atoms with van der Waals surface area (Å²) in [6.07, 6.45) is 7.26. The Hall–Kier alpha value is -2.47. The number of urea groups is 1. The largest absolute Gasteiger partial charge is 0.352 e. The zero-order chi connectivity index (χ0) is 21.7. The van der Waals surface area contributed by atoms with E-state index in [1.807, 2.05) is 6.20 Å². The summed E-state index contributed by atoms with van der Waals surface area (Å²) >= 11 is 0. The maximum atomic E-state index is 11.0. The van der Waals surface area contributed by atoms with Crippen LogP contribution < -0.4 is 11.1 Å². The zero-order valence-electron chi connectivity index (χ0n) is 18.7. The lowest BCUT2D eigenvalue weighted by Gasteiger charge is -2.42. The van der Waals surface area contributed by atoms with Gasteiger partial charge in [-0.3, -0.25) is 14.9 Å². The van der Waals surface area contributed by atoms with E-state index in [4.69, 9.17) is 15.7 Å². The van der Waals surface area contributed by atoms with Crippen molar-refractivity contribution in [3.8, 4) is 0 Å². The number of primary amides is 1. The third kappa shape index (κ3) is 5.36. The van der Waals surface area contributed by atoms with E-state index in [1.54, 1.807) is 0 Å². The number of hydrogen-bond donors (Lipinski definition) is 2. The number of likely N-dealkylation sites (tertiary alicyclic amines) is 1. The van der Waals surface area contributed by atoms with E-state index in [0.717, 1.165) is 37.9 Å². The van der Waals surface area contributed by atoms with Crippen molar-refractivity contribution < 1.29 is 4.79 Å². The zero-order valence-corrected chi connectivity index (χ0v) is 18.7. The Balaban J connectivity index is 1.88. The summed E-state index contributed by atoms with van der Waals surface area (Å²) < 4.78 is 0. The number of aromatic nitrogens is 2. The topological polar surface area (TPSA) is 84.1 Å². The molecule has 1 aliphatic heterocycles. The molecule has 2 aromatic rings. The number of pyridine rings is 2. The number of piperidine rings is 1. The minimum Gasteiger partial charge on any atom is -0.352 e. The highest BCUT2D eigenvalue weighted by molar-refractivity contribution is 5.71. The second-order valence-electron chi connectivity index (χ2n) is 8.57. The monoisotopic (exact) mass is 409 g/mol. The molecule has 2 amide bonds. The van der Waals surface area contributed by atoms with E-state index < -0.39 is 6.03 Å². The molecule has 3 N–H and O–H groups in total. The highest BCUT2D eigenvalue weighted by Gasteiger charge is 2.35. The van der Waals surface area contributed by atoms with E-state index in [0.29, 0.717) is 6.54 Å². The molecule has 30 heavy (non-hydrogen) atoms. The van der Waals surface area contributed by atoms with Gasteiger partial charge in [0.25, 0.3) is 0 Å². The lowest BCUT2D eigenvalue weighted by Crippen LogP contribution is -2.39. The summed E-state index contributed by atoms with van der Waals surface area (Å²) in [4.78, 5) is 23.4. The molecular formula is C24H35N5O. The fourth-order valence-corrected chi connectivity index (χ4v) is 4.64. The smallest absolute Gasteiger partial charge is 0.312 e. The standard InChI is InChI=1S/C24H35N5O/c1-16-14-18(3)22(27-15-16)20-8-7-9-21(23-17(2)10-11-19(4)28-23)29(20)13-6-5-12-26-24(25)30/h10-11,14-15,20-21H,5-9,12-13H2,1-4H3,(H3,25,26,30)/t20-,21+/m1/s1. The van der Waals surface area contributed by atoms with Gasteiger partial charge in [0, 0.05) is 18.4 Å². The quantitative estimate of drug-likeness (QED) is 0.663. The number of nitrogens with zero attached hydrogens (tertiary/aromatic N) is 3. The van der Waals surface area contributed by atoms with Gasteiger partial charge in [-0.15, -0.1) is 0 Å². The van der Waals surface area contributed by atoms with Crippen LogP contribution in [-0.2, 0) is 0 Å². The number of carbonyl (C=O) groups excluding carboxylic acids is 1. The van der Waals surface area contributed by atoms with Gasteiger partial charge in [-0.1, -0.05) is 12.1 Å². The number of nitrogens with one attached hydrogen (secondary N) is 1. The van der Waals surface area contributed by atoms with Gasteiger partial charge in [-0.2, -0.15) is 0 Å². The Morgan fingerprint density at radius 1 is 1.10 bits per heavy atom. The van der Waals surface area contributed by atoms with Gasteiger partial charge in [-0.25, -0.2) is 4.79 Å². The number of nitrogens with two attached hydrogens (primary N) is 1. The molecule has 6 heteroatoms. The van der Waals surface area contributed by atoms with Gasteiger partial charge >= 0.3 is 6.03 Å². The molecule has 3 rings (SSSR count). The molecule has 0 radical (unpaired) electrons. The van der Waals surface area contributed by atoms with Crippen LogP contribution in [0.15, 0.2) is 24.4 Å². The minimum absolute atomic E-state index is 0.287. The lowest BCUT2D eigenvalue weighted by molar-refractivity contribution is 0.0742. The number of amides is 2. The van der Waals surface area contributed by atoms with Crippen molar-refractivity contribution in [2.24, 2.45) is 5.73 Å². The summed E-state index contributed by atoms with van der Waals surface area (Å²) in [5.41, 5.74) is 12.3. The first-order chi connectivity index (χ1) is 14.4. The highest BCUT2D eigenvalue weighted by atomic mass is 16.2. The number of unbranched alkanes of at least 4 members (excludes halogenated alkanes) is 1. The van der Waals surface area contributed by atoms with E-state index in [9.17, 15) is 4.79 Å². The Bertz CT molecular complexity index is 882. The molecule has 1 fully saturated rings. The maximum absolute atomic E-state index is 11.0. The molecule has 2 atom stereocenters. The molecule has 0 aliphatic carbocycles. The van der Waals surface area contributed by atoms with Crippen LogP contribution in [0.1, 0.15) is 78.0 Å². The van der Waals surface area contributed by atoms with E-state index in [1.165, 1.54) is 34.5 Å². The summed E-state index contributed by atoms with van der Waals surface area (Å²) in [5.74, 6) is 0. The Labute approximate surface area is 180 Å². The lowest BCUT2D eigenvalue weighted by atomic mass is 9.88. The Kier molecular flexibility index (Phi) is 7.43. The van der Waals surface area contributed by atoms with E-state index in [2.05, 4.69) is 56.1 Å². The van der Waals surface area contributed by atoms with E-state index >= 15 is 0 Å². The van der Waals surface area contributed by atoms with Crippen molar-refractivity contribution >= 4 is 6.03 Å². The molecule has 0 spiro atoms. The van der Waals surface area contributed by atoms with Crippen molar-refractivity contribution in [1.82, 2.24) is 20.2 Å². The van der Waals surface area contributed by atoms with Gasteiger partial charge in [0.05, 0.1) is 23.5 Å². The van der Waals surface area contributed by atoms with Gasteiger partial charge in [0.1, 0.15) is 0 Å². The minimum atomic E-state index is -0.456. The van der Waals surface area contributed by atoms with Crippen LogP contribution in [-0.4, -0.2) is 34.0 Å². The first-order valence-electron chi connectivity index (χ1n) is 11.0. The molecule has 1 aliphatic rings. The molecule has 162 valence electrons. The van der Waals surface area contributed by atoms with Gasteiger partial charge in [0.2, 0.25) is 0 Å². The molecular weight excluding hydrogens is 374 g/mol. The first kappa shape index (κ1) is 22.2. The van der Waals surface area contributed by atoms with Crippen LogP contribution in [0.25, 0.3) is 0 Å². The van der Waals surface area contributed by atoms with Gasteiger partial charge in [-0.05, 0) is 89.1 Å². The normalized spacial score (nSPS) is 19.6. The van der Waals surface area contributed by atoms with Crippen LogP contribution in [0.3, 0.4) is 0 Å². The van der Waals surface area contributed by atoms with Crippen LogP contribution in [0.4, 0.5) is 4.79 Å². The molecule has 6 nitrogen and oxygen atoms in total. The van der Waals surface area contributed by atoms with Crippen molar-refractivity contribution in [2.45, 2.75) is 71.9 Å². The predicted octanol–water partition coefficient (Wildman–Crippen LogP) is 4.43. The number of carbonyl (C=O) groups is 1. The third-order valence-corrected chi connectivity index (χ3v) is 6.06. The fourth-order valence-electron chi connectivity index (χ4n) is 4.64. The first-order valence-corrected chi connectivity index (χ1v) is 11.0. The number of aryl methyl sites for hydroxylation is 4. The third-order valence-electron chi connectivity index (χ3n) is 6.06. The highest BCUT2D eigenvalue weighted by Crippen LogP contribution is 2.42. The molecule has 2 aromatic heterocycles. The van der Waals surface area contributed by atoms with E-state index in [-0.39, 0.29) is 12.1 Å². The average molecular weight is 410 g/mol. The Morgan fingerprint density at radius 3 is 2.53 bits per heavy atom. The SMILES string of the molecule is Cc1cnc([C@H]2CCC[C@@H](c3nc(C)ccc3C)N2CCCCNC(N)=O)c(C)c1. The summed E-state index contributed by atoms with van der Waals surface area (Å²) in [6, 6.07) is 6.63.